The van der Waals surface area contributed by atoms with E-state index in [1.807, 2.05) is 32.0 Å². The fourth-order valence-electron chi connectivity index (χ4n) is 4.16. The van der Waals surface area contributed by atoms with Gasteiger partial charge in [0.1, 0.15) is 23.4 Å². The Morgan fingerprint density at radius 1 is 0.949 bits per heavy atom. The lowest BCUT2D eigenvalue weighted by Gasteiger charge is -2.34. The van der Waals surface area contributed by atoms with Crippen LogP contribution < -0.4 is 15.4 Å². The summed E-state index contributed by atoms with van der Waals surface area (Å²) in [5.41, 5.74) is 2.71. The van der Waals surface area contributed by atoms with Crippen molar-refractivity contribution in [3.63, 3.8) is 0 Å². The summed E-state index contributed by atoms with van der Waals surface area (Å²) in [7, 11) is 1.58. The van der Waals surface area contributed by atoms with Crippen molar-refractivity contribution in [3.8, 4) is 5.75 Å². The molecule has 39 heavy (non-hydrogen) atoms. The van der Waals surface area contributed by atoms with Crippen LogP contribution in [0.25, 0.3) is 0 Å². The first kappa shape index (κ1) is 31.7. The van der Waals surface area contributed by atoms with Crippen molar-refractivity contribution in [1.29, 1.82) is 0 Å². The molecule has 2 unspecified atom stereocenters. The lowest BCUT2D eigenvalue weighted by atomic mass is 9.98. The number of carbonyl (C=O) groups excluding carboxylic acids is 3. The molecular weight excluding hydrogens is 494 g/mol. The Hall–Kier alpha value is -3.55. The third-order valence-corrected chi connectivity index (χ3v) is 6.40. The minimum Gasteiger partial charge on any atom is -0.497 e. The van der Waals surface area contributed by atoms with Gasteiger partial charge in [0, 0.05) is 12.2 Å². The molecule has 0 aliphatic rings. The molecule has 0 aliphatic carbocycles. The van der Waals surface area contributed by atoms with E-state index in [9.17, 15) is 14.4 Å². The molecular formula is C31H45N3O5. The van der Waals surface area contributed by atoms with Crippen LogP contribution in [0, 0.1) is 13.8 Å². The molecule has 2 rings (SSSR count). The molecule has 0 radical (unpaired) electrons. The molecule has 2 aromatic carbocycles. The predicted octanol–water partition coefficient (Wildman–Crippen LogP) is 6.31. The average molecular weight is 540 g/mol. The van der Waals surface area contributed by atoms with E-state index in [1.54, 1.807) is 64.0 Å². The van der Waals surface area contributed by atoms with Gasteiger partial charge in [0.2, 0.25) is 5.91 Å². The molecule has 8 heteroatoms. The van der Waals surface area contributed by atoms with E-state index < -0.39 is 23.8 Å². The first-order chi connectivity index (χ1) is 18.4. The monoisotopic (exact) mass is 539 g/mol. The molecule has 0 heterocycles. The summed E-state index contributed by atoms with van der Waals surface area (Å²) in [6.07, 6.45) is 3.05. The number of nitrogens with zero attached hydrogens (tertiary/aromatic N) is 1. The van der Waals surface area contributed by atoms with Gasteiger partial charge in [-0.25, -0.2) is 4.79 Å². The first-order valence-corrected chi connectivity index (χ1v) is 13.7. The van der Waals surface area contributed by atoms with Crippen LogP contribution in [0.5, 0.6) is 5.75 Å². The molecule has 214 valence electrons. The zero-order chi connectivity index (χ0) is 29.2. The lowest BCUT2D eigenvalue weighted by molar-refractivity contribution is -0.140. The zero-order valence-electron chi connectivity index (χ0n) is 24.7. The number of nitrogens with one attached hydrogen (secondary N) is 2. The third-order valence-electron chi connectivity index (χ3n) is 6.40. The van der Waals surface area contributed by atoms with Crippen molar-refractivity contribution < 1.29 is 23.9 Å². The Kier molecular flexibility index (Phi) is 11.8. The molecule has 8 nitrogen and oxygen atoms in total. The van der Waals surface area contributed by atoms with Crippen LogP contribution in [0.15, 0.2) is 42.5 Å². The van der Waals surface area contributed by atoms with E-state index in [0.717, 1.165) is 36.8 Å². The van der Waals surface area contributed by atoms with Crippen LogP contribution in [-0.4, -0.2) is 48.1 Å². The minimum absolute atomic E-state index is 0.336. The van der Waals surface area contributed by atoms with Gasteiger partial charge in [0.25, 0.3) is 5.91 Å². The molecule has 0 aromatic heterocycles. The molecule has 2 N–H and O–H groups in total. The maximum Gasteiger partial charge on any atom is 0.408 e. The van der Waals surface area contributed by atoms with Gasteiger partial charge >= 0.3 is 6.09 Å². The molecule has 0 bridgehead atoms. The standard InChI is InChI=1S/C31H45N3O5/c1-9-10-11-12-19-34(29(36)23(4)32-30(37)39-31(5,6)7)27(24-14-13-21(2)22(3)20-24)28(35)33-25-15-17-26(38-8)18-16-25/h13-18,20,23,27H,9-12,19H2,1-8H3,(H,32,37)(H,33,35). The fraction of sp³-hybridized carbons (Fsp3) is 0.516. The summed E-state index contributed by atoms with van der Waals surface area (Å²) in [4.78, 5) is 41.8. The molecule has 0 fully saturated rings. The summed E-state index contributed by atoms with van der Waals surface area (Å²) in [6.45, 7) is 13.4. The Morgan fingerprint density at radius 3 is 2.18 bits per heavy atom. The van der Waals surface area contributed by atoms with Crippen molar-refractivity contribution in [3.05, 3.63) is 59.2 Å². The molecule has 0 aliphatic heterocycles. The van der Waals surface area contributed by atoms with E-state index in [1.165, 1.54) is 0 Å². The van der Waals surface area contributed by atoms with Gasteiger partial charge in [-0.2, -0.15) is 0 Å². The largest absolute Gasteiger partial charge is 0.497 e. The number of amides is 3. The van der Waals surface area contributed by atoms with Gasteiger partial charge < -0.3 is 25.0 Å². The Bertz CT molecular complexity index is 1110. The second-order valence-corrected chi connectivity index (χ2v) is 10.9. The molecule has 0 saturated carbocycles. The van der Waals surface area contributed by atoms with Crippen molar-refractivity contribution >= 4 is 23.6 Å². The van der Waals surface area contributed by atoms with Crippen molar-refractivity contribution in [2.45, 2.75) is 91.8 Å². The van der Waals surface area contributed by atoms with E-state index in [-0.39, 0.29) is 11.8 Å². The van der Waals surface area contributed by atoms with Gasteiger partial charge in [-0.1, -0.05) is 44.4 Å². The van der Waals surface area contributed by atoms with Gasteiger partial charge in [0.15, 0.2) is 0 Å². The molecule has 3 amide bonds. The molecule has 2 atom stereocenters. The van der Waals surface area contributed by atoms with Crippen molar-refractivity contribution in [2.24, 2.45) is 0 Å². The number of aryl methyl sites for hydroxylation is 2. The average Bonchev–Trinajstić information content (AvgIpc) is 2.86. The normalized spacial score (nSPS) is 12.7. The van der Waals surface area contributed by atoms with E-state index >= 15 is 0 Å². The number of ether oxygens (including phenoxy) is 2. The zero-order valence-corrected chi connectivity index (χ0v) is 24.7. The molecule has 0 saturated heterocycles. The van der Waals surface area contributed by atoms with Crippen LogP contribution in [0.4, 0.5) is 10.5 Å². The van der Waals surface area contributed by atoms with Crippen LogP contribution in [0.2, 0.25) is 0 Å². The Balaban J connectivity index is 2.45. The summed E-state index contributed by atoms with van der Waals surface area (Å²) >= 11 is 0. The highest BCUT2D eigenvalue weighted by Crippen LogP contribution is 2.27. The number of hydrogen-bond acceptors (Lipinski definition) is 5. The highest BCUT2D eigenvalue weighted by Gasteiger charge is 2.34. The number of alkyl carbamates (subject to hydrolysis) is 1. The molecule has 0 spiro atoms. The van der Waals surface area contributed by atoms with Crippen LogP contribution in [0.1, 0.15) is 83.0 Å². The Labute approximate surface area is 233 Å². The number of unbranched alkanes of at least 4 members (excludes halogenated alkanes) is 3. The quantitative estimate of drug-likeness (QED) is 0.308. The van der Waals surface area contributed by atoms with Crippen LogP contribution in [-0.2, 0) is 14.3 Å². The Morgan fingerprint density at radius 2 is 1.62 bits per heavy atom. The second-order valence-electron chi connectivity index (χ2n) is 10.9. The number of hydrogen-bond donors (Lipinski definition) is 2. The number of carbonyl (C=O) groups is 3. The highest BCUT2D eigenvalue weighted by atomic mass is 16.6. The maximum atomic E-state index is 13.9. The lowest BCUT2D eigenvalue weighted by Crippen LogP contribution is -2.51. The predicted molar refractivity (Wildman–Crippen MR) is 155 cm³/mol. The summed E-state index contributed by atoms with van der Waals surface area (Å²) in [5, 5.41) is 5.62. The summed E-state index contributed by atoms with van der Waals surface area (Å²) in [6, 6.07) is 11.0. The van der Waals surface area contributed by atoms with Crippen molar-refractivity contribution in [2.75, 3.05) is 19.0 Å². The van der Waals surface area contributed by atoms with Gasteiger partial charge in [0.05, 0.1) is 7.11 Å². The highest BCUT2D eigenvalue weighted by molar-refractivity contribution is 5.99. The number of methoxy groups -OCH3 is 1. The molecule has 2 aromatic rings. The van der Waals surface area contributed by atoms with E-state index in [0.29, 0.717) is 23.5 Å². The van der Waals surface area contributed by atoms with Crippen molar-refractivity contribution in [1.82, 2.24) is 10.2 Å². The van der Waals surface area contributed by atoms with Crippen LogP contribution >= 0.6 is 0 Å². The van der Waals surface area contributed by atoms with Gasteiger partial charge in [-0.05, 0) is 88.9 Å². The maximum absolute atomic E-state index is 13.9. The van der Waals surface area contributed by atoms with Gasteiger partial charge in [-0.15, -0.1) is 0 Å². The minimum atomic E-state index is -0.900. The topological polar surface area (TPSA) is 97.0 Å². The summed E-state index contributed by atoms with van der Waals surface area (Å²) in [5.74, 6) is -0.0179. The third kappa shape index (κ3) is 9.93. The fourth-order valence-corrected chi connectivity index (χ4v) is 4.16. The number of benzene rings is 2. The smallest absolute Gasteiger partial charge is 0.408 e. The summed E-state index contributed by atoms with van der Waals surface area (Å²) < 4.78 is 10.6. The number of rotatable bonds is 12. The number of anilines is 1. The SMILES string of the molecule is CCCCCCN(C(=O)C(C)NC(=O)OC(C)(C)C)C(C(=O)Nc1ccc(OC)cc1)c1ccc(C)c(C)c1. The second kappa shape index (κ2) is 14.6. The van der Waals surface area contributed by atoms with E-state index in [2.05, 4.69) is 17.6 Å². The van der Waals surface area contributed by atoms with Gasteiger partial charge in [-0.3, -0.25) is 9.59 Å². The van der Waals surface area contributed by atoms with E-state index in [4.69, 9.17) is 9.47 Å². The van der Waals surface area contributed by atoms with Crippen LogP contribution in [0.3, 0.4) is 0 Å². The first-order valence-electron chi connectivity index (χ1n) is 13.7.